The van der Waals surface area contributed by atoms with Crippen LogP contribution in [0.1, 0.15) is 50.2 Å². The Morgan fingerprint density at radius 3 is 2.85 bits per heavy atom. The molecule has 1 aromatic heterocycles. The first kappa shape index (κ1) is 14.6. The normalized spacial score (nSPS) is 20.2. The summed E-state index contributed by atoms with van der Waals surface area (Å²) in [5, 5.41) is 2.75. The lowest BCUT2D eigenvalue weighted by atomic mass is 9.82. The van der Waals surface area contributed by atoms with Crippen molar-refractivity contribution in [1.82, 2.24) is 5.32 Å². The van der Waals surface area contributed by atoms with E-state index in [1.165, 1.54) is 6.26 Å². The Labute approximate surface area is 118 Å². The number of hydrogen-bond acceptors (Lipinski definition) is 4. The number of nitrogens with one attached hydrogen (secondary N) is 1. The van der Waals surface area contributed by atoms with Gasteiger partial charge in [0.25, 0.3) is 0 Å². The third-order valence-electron chi connectivity index (χ3n) is 3.38. The van der Waals surface area contributed by atoms with Crippen LogP contribution in [0.15, 0.2) is 16.7 Å². The Morgan fingerprint density at radius 1 is 1.50 bits per heavy atom. The van der Waals surface area contributed by atoms with Crippen LogP contribution in [0.5, 0.6) is 0 Å². The van der Waals surface area contributed by atoms with Crippen LogP contribution in [-0.4, -0.2) is 23.5 Å². The molecule has 2 rings (SSSR count). The maximum Gasteiger partial charge on any atom is 0.407 e. The molecule has 5 heteroatoms. The van der Waals surface area contributed by atoms with E-state index in [-0.39, 0.29) is 17.7 Å². The summed E-state index contributed by atoms with van der Waals surface area (Å²) in [5.74, 6) is 0.548. The predicted octanol–water partition coefficient (Wildman–Crippen LogP) is 2.94. The van der Waals surface area contributed by atoms with E-state index in [1.54, 1.807) is 26.8 Å². The van der Waals surface area contributed by atoms with Crippen molar-refractivity contribution in [3.63, 3.8) is 0 Å². The number of hydrogen-bond donors (Lipinski definition) is 1. The lowest BCUT2D eigenvalue weighted by molar-refractivity contribution is 0.0486. The summed E-state index contributed by atoms with van der Waals surface area (Å²) in [6.07, 6.45) is 2.45. The molecule has 1 aromatic rings. The van der Waals surface area contributed by atoms with Crippen LogP contribution >= 0.6 is 0 Å². The molecule has 1 heterocycles. The third-order valence-corrected chi connectivity index (χ3v) is 3.38. The lowest BCUT2D eigenvalue weighted by Crippen LogP contribution is -2.44. The average Bonchev–Trinajstić information content (AvgIpc) is 2.75. The van der Waals surface area contributed by atoms with Gasteiger partial charge in [-0.3, -0.25) is 4.79 Å². The Kier molecular flexibility index (Phi) is 3.88. The molecule has 1 aliphatic carbocycles. The molecule has 5 nitrogen and oxygen atoms in total. The number of aryl methyl sites for hydroxylation is 1. The summed E-state index contributed by atoms with van der Waals surface area (Å²) < 4.78 is 10.5. The molecule has 2 atom stereocenters. The zero-order chi connectivity index (χ0) is 14.9. The molecule has 1 aliphatic rings. The van der Waals surface area contributed by atoms with Crippen molar-refractivity contribution in [2.75, 3.05) is 0 Å². The van der Waals surface area contributed by atoms with Gasteiger partial charge >= 0.3 is 6.09 Å². The van der Waals surface area contributed by atoms with Gasteiger partial charge in [-0.25, -0.2) is 4.79 Å². The quantitative estimate of drug-likeness (QED) is 0.903. The third kappa shape index (κ3) is 3.21. The molecule has 0 radical (unpaired) electrons. The molecule has 0 spiro atoms. The Morgan fingerprint density at radius 2 is 2.20 bits per heavy atom. The molecule has 0 aliphatic heterocycles. The van der Waals surface area contributed by atoms with E-state index < -0.39 is 11.7 Å². The van der Waals surface area contributed by atoms with Crippen LogP contribution in [-0.2, 0) is 11.2 Å². The molecular weight excluding hydrogens is 258 g/mol. The standard InChI is InChI=1S/C15H21NO4/c1-9(16-14(18)20-15(2,3)4)10-5-6-12-11(13(10)17)7-8-19-12/h7-10H,5-6H2,1-4H3,(H,16,18). The van der Waals surface area contributed by atoms with Crippen LogP contribution < -0.4 is 5.32 Å². The highest BCUT2D eigenvalue weighted by Gasteiger charge is 2.34. The summed E-state index contributed by atoms with van der Waals surface area (Å²) in [7, 11) is 0. The summed E-state index contributed by atoms with van der Waals surface area (Å²) in [5.41, 5.74) is 0.0945. The lowest BCUT2D eigenvalue weighted by Gasteiger charge is -2.28. The topological polar surface area (TPSA) is 68.5 Å². The Bertz CT molecular complexity index is 512. The second kappa shape index (κ2) is 5.31. The summed E-state index contributed by atoms with van der Waals surface area (Å²) in [4.78, 5) is 24.1. The largest absolute Gasteiger partial charge is 0.469 e. The maximum atomic E-state index is 12.3. The highest BCUT2D eigenvalue weighted by Crippen LogP contribution is 2.28. The van der Waals surface area contributed by atoms with Gasteiger partial charge in [-0.15, -0.1) is 0 Å². The van der Waals surface area contributed by atoms with Crippen LogP contribution in [0.4, 0.5) is 4.79 Å². The molecule has 0 aromatic carbocycles. The number of Topliss-reactive ketones (excluding diaryl/α,β-unsaturated/α-hetero) is 1. The van der Waals surface area contributed by atoms with E-state index in [1.807, 2.05) is 6.92 Å². The van der Waals surface area contributed by atoms with Crippen LogP contribution in [0.2, 0.25) is 0 Å². The number of carbonyl (C=O) groups is 2. The van der Waals surface area contributed by atoms with E-state index in [0.717, 1.165) is 12.2 Å². The highest BCUT2D eigenvalue weighted by atomic mass is 16.6. The second-order valence-corrected chi connectivity index (χ2v) is 6.20. The fourth-order valence-corrected chi connectivity index (χ4v) is 2.44. The highest BCUT2D eigenvalue weighted by molar-refractivity contribution is 6.00. The zero-order valence-corrected chi connectivity index (χ0v) is 12.4. The van der Waals surface area contributed by atoms with E-state index in [0.29, 0.717) is 12.0 Å². The van der Waals surface area contributed by atoms with E-state index in [9.17, 15) is 9.59 Å². The number of fused-ring (bicyclic) bond motifs is 1. The van der Waals surface area contributed by atoms with Crippen molar-refractivity contribution in [1.29, 1.82) is 0 Å². The monoisotopic (exact) mass is 279 g/mol. The van der Waals surface area contributed by atoms with Crippen molar-refractivity contribution in [3.05, 3.63) is 23.7 Å². The van der Waals surface area contributed by atoms with Crippen LogP contribution in [0, 0.1) is 5.92 Å². The minimum Gasteiger partial charge on any atom is -0.469 e. The first-order valence-corrected chi connectivity index (χ1v) is 6.88. The van der Waals surface area contributed by atoms with Crippen molar-refractivity contribution >= 4 is 11.9 Å². The van der Waals surface area contributed by atoms with Crippen molar-refractivity contribution in [2.24, 2.45) is 5.92 Å². The number of rotatable bonds is 2. The molecule has 20 heavy (non-hydrogen) atoms. The fourth-order valence-electron chi connectivity index (χ4n) is 2.44. The minimum absolute atomic E-state index is 0.0311. The number of amides is 1. The van der Waals surface area contributed by atoms with Gasteiger partial charge < -0.3 is 14.5 Å². The first-order valence-electron chi connectivity index (χ1n) is 6.88. The van der Waals surface area contributed by atoms with Gasteiger partial charge in [-0.2, -0.15) is 0 Å². The summed E-state index contributed by atoms with van der Waals surface area (Å²) in [6.45, 7) is 7.25. The SMILES string of the molecule is CC(NC(=O)OC(C)(C)C)C1CCc2occc2C1=O. The minimum atomic E-state index is -0.544. The molecule has 0 fully saturated rings. The maximum absolute atomic E-state index is 12.3. The molecule has 0 saturated heterocycles. The van der Waals surface area contributed by atoms with Gasteiger partial charge in [-0.05, 0) is 40.2 Å². The van der Waals surface area contributed by atoms with Crippen LogP contribution in [0.3, 0.4) is 0 Å². The molecule has 1 N–H and O–H groups in total. The van der Waals surface area contributed by atoms with Gasteiger partial charge in [0.1, 0.15) is 11.4 Å². The molecule has 2 unspecified atom stereocenters. The zero-order valence-electron chi connectivity index (χ0n) is 12.4. The van der Waals surface area contributed by atoms with Crippen molar-refractivity contribution < 1.29 is 18.7 Å². The van der Waals surface area contributed by atoms with Gasteiger partial charge in [-0.1, -0.05) is 0 Å². The second-order valence-electron chi connectivity index (χ2n) is 6.20. The van der Waals surface area contributed by atoms with Crippen LogP contribution in [0.25, 0.3) is 0 Å². The van der Waals surface area contributed by atoms with E-state index >= 15 is 0 Å². The Hall–Kier alpha value is -1.78. The Balaban J connectivity index is 1.99. The number of ether oxygens (including phenoxy) is 1. The van der Waals surface area contributed by atoms with E-state index in [4.69, 9.17) is 9.15 Å². The van der Waals surface area contributed by atoms with Gasteiger partial charge in [0.2, 0.25) is 0 Å². The van der Waals surface area contributed by atoms with E-state index in [2.05, 4.69) is 5.32 Å². The van der Waals surface area contributed by atoms with Gasteiger partial charge in [0, 0.05) is 18.4 Å². The molecule has 0 saturated carbocycles. The number of carbonyl (C=O) groups excluding carboxylic acids is 2. The van der Waals surface area contributed by atoms with Crippen molar-refractivity contribution in [2.45, 2.75) is 52.2 Å². The molecule has 110 valence electrons. The molecular formula is C15H21NO4. The first-order chi connectivity index (χ1) is 9.28. The number of ketones is 1. The molecule has 1 amide bonds. The number of furan rings is 1. The number of alkyl carbamates (subject to hydrolysis) is 1. The fraction of sp³-hybridized carbons (Fsp3) is 0.600. The average molecular weight is 279 g/mol. The van der Waals surface area contributed by atoms with Gasteiger partial charge in [0.05, 0.1) is 11.8 Å². The smallest absolute Gasteiger partial charge is 0.407 e. The van der Waals surface area contributed by atoms with Gasteiger partial charge in [0.15, 0.2) is 5.78 Å². The van der Waals surface area contributed by atoms with Crippen molar-refractivity contribution in [3.8, 4) is 0 Å². The molecule has 0 bridgehead atoms. The summed E-state index contributed by atoms with van der Waals surface area (Å²) in [6, 6.07) is 1.43. The summed E-state index contributed by atoms with van der Waals surface area (Å²) >= 11 is 0. The predicted molar refractivity (Wildman–Crippen MR) is 73.7 cm³/mol.